The van der Waals surface area contributed by atoms with Gasteiger partial charge in [-0.05, 0) is 32.2 Å². The zero-order chi connectivity index (χ0) is 15.6. The topological polar surface area (TPSA) is 58.2 Å². The van der Waals surface area contributed by atoms with Crippen molar-refractivity contribution in [3.8, 4) is 0 Å². The van der Waals surface area contributed by atoms with Gasteiger partial charge in [0, 0.05) is 12.2 Å². The van der Waals surface area contributed by atoms with E-state index in [9.17, 15) is 21.6 Å². The highest BCUT2D eigenvalue weighted by Gasteiger charge is 2.33. The Bertz CT molecular complexity index is 576. The van der Waals surface area contributed by atoms with Crippen molar-refractivity contribution in [3.63, 3.8) is 0 Å². The van der Waals surface area contributed by atoms with Crippen LogP contribution in [0.5, 0.6) is 0 Å². The fourth-order valence-corrected chi connectivity index (χ4v) is 2.74. The van der Waals surface area contributed by atoms with E-state index in [2.05, 4.69) is 10.0 Å². The van der Waals surface area contributed by atoms with Gasteiger partial charge in [0.1, 0.15) is 0 Å². The van der Waals surface area contributed by atoms with Crippen molar-refractivity contribution >= 4 is 27.3 Å². The molecule has 0 radical (unpaired) electrons. The molecular formula is C11H14ClF3N2O2S. The van der Waals surface area contributed by atoms with E-state index in [4.69, 9.17) is 11.6 Å². The molecule has 1 aromatic carbocycles. The highest BCUT2D eigenvalue weighted by molar-refractivity contribution is 7.93. The van der Waals surface area contributed by atoms with Gasteiger partial charge in [-0.2, -0.15) is 13.2 Å². The molecule has 1 unspecified atom stereocenters. The highest BCUT2D eigenvalue weighted by atomic mass is 35.5. The molecule has 0 aliphatic carbocycles. The normalized spacial score (nSPS) is 14.1. The molecule has 20 heavy (non-hydrogen) atoms. The Morgan fingerprint density at radius 1 is 1.35 bits per heavy atom. The molecule has 0 amide bonds. The van der Waals surface area contributed by atoms with Gasteiger partial charge in [-0.1, -0.05) is 11.6 Å². The van der Waals surface area contributed by atoms with Gasteiger partial charge in [0.2, 0.25) is 10.0 Å². The van der Waals surface area contributed by atoms with Crippen LogP contribution < -0.4 is 10.0 Å². The van der Waals surface area contributed by atoms with Crippen LogP contribution in [0.3, 0.4) is 0 Å². The first kappa shape index (κ1) is 17.1. The Balaban J connectivity index is 3.06. The van der Waals surface area contributed by atoms with Crippen LogP contribution in [-0.2, 0) is 16.2 Å². The van der Waals surface area contributed by atoms with E-state index in [0.717, 1.165) is 6.07 Å². The molecule has 2 N–H and O–H groups in total. The molecule has 0 fully saturated rings. The predicted octanol–water partition coefficient (Wildman–Crippen LogP) is 2.71. The smallest absolute Gasteiger partial charge is 0.318 e. The summed E-state index contributed by atoms with van der Waals surface area (Å²) in [5.74, 6) is 0. The minimum absolute atomic E-state index is 0.176. The second kappa shape index (κ2) is 6.19. The maximum absolute atomic E-state index is 12.7. The van der Waals surface area contributed by atoms with E-state index >= 15 is 0 Å². The van der Waals surface area contributed by atoms with Gasteiger partial charge in [0.05, 0.1) is 15.8 Å². The van der Waals surface area contributed by atoms with Crippen molar-refractivity contribution in [3.05, 3.63) is 28.8 Å². The third-order valence-corrected chi connectivity index (χ3v) is 4.63. The van der Waals surface area contributed by atoms with Crippen LogP contribution in [0.1, 0.15) is 12.5 Å². The number of nitrogens with one attached hydrogen (secondary N) is 2. The first-order valence-corrected chi connectivity index (χ1v) is 7.53. The van der Waals surface area contributed by atoms with Gasteiger partial charge >= 0.3 is 6.18 Å². The minimum atomic E-state index is -4.64. The van der Waals surface area contributed by atoms with E-state index in [1.165, 1.54) is 13.0 Å². The van der Waals surface area contributed by atoms with Crippen molar-refractivity contribution in [1.29, 1.82) is 0 Å². The van der Waals surface area contributed by atoms with Crippen LogP contribution in [0.15, 0.2) is 18.2 Å². The van der Waals surface area contributed by atoms with Crippen molar-refractivity contribution < 1.29 is 21.6 Å². The van der Waals surface area contributed by atoms with E-state index < -0.39 is 32.0 Å². The van der Waals surface area contributed by atoms with E-state index in [1.54, 1.807) is 7.05 Å². The van der Waals surface area contributed by atoms with Gasteiger partial charge in [0.25, 0.3) is 0 Å². The van der Waals surface area contributed by atoms with Crippen LogP contribution in [0.25, 0.3) is 0 Å². The molecule has 0 saturated carbocycles. The van der Waals surface area contributed by atoms with Gasteiger partial charge in [0.15, 0.2) is 0 Å². The minimum Gasteiger partial charge on any atom is -0.318 e. The van der Waals surface area contributed by atoms with Gasteiger partial charge in [-0.25, -0.2) is 8.42 Å². The summed E-state index contributed by atoms with van der Waals surface area (Å²) in [5, 5.41) is 1.41. The summed E-state index contributed by atoms with van der Waals surface area (Å²) in [5.41, 5.74) is -1.26. The molecule has 1 atom stereocenters. The quantitative estimate of drug-likeness (QED) is 0.872. The largest absolute Gasteiger partial charge is 0.417 e. The maximum atomic E-state index is 12.7. The first-order valence-electron chi connectivity index (χ1n) is 5.61. The predicted molar refractivity (Wildman–Crippen MR) is 72.4 cm³/mol. The van der Waals surface area contributed by atoms with Crippen molar-refractivity contribution in [2.24, 2.45) is 0 Å². The average molecular weight is 331 g/mol. The Morgan fingerprint density at radius 2 is 1.95 bits per heavy atom. The lowest BCUT2D eigenvalue weighted by molar-refractivity contribution is -0.137. The maximum Gasteiger partial charge on any atom is 0.417 e. The van der Waals surface area contributed by atoms with Gasteiger partial charge < -0.3 is 5.32 Å². The molecule has 0 heterocycles. The number of alkyl halides is 3. The Hall–Kier alpha value is -0.990. The van der Waals surface area contributed by atoms with Crippen molar-refractivity contribution in [2.75, 3.05) is 18.3 Å². The molecule has 1 aromatic rings. The summed E-state index contributed by atoms with van der Waals surface area (Å²) in [6.45, 7) is 1.62. The number of benzene rings is 1. The molecule has 0 bridgehead atoms. The molecule has 114 valence electrons. The van der Waals surface area contributed by atoms with Gasteiger partial charge in [-0.3, -0.25) is 4.72 Å². The van der Waals surface area contributed by atoms with Crippen LogP contribution in [-0.4, -0.2) is 27.3 Å². The third kappa shape index (κ3) is 4.26. The summed E-state index contributed by atoms with van der Waals surface area (Å²) >= 11 is 5.46. The number of anilines is 1. The van der Waals surface area contributed by atoms with Crippen molar-refractivity contribution in [1.82, 2.24) is 5.32 Å². The molecule has 1 rings (SSSR count). The molecular weight excluding hydrogens is 317 g/mol. The third-order valence-electron chi connectivity index (χ3n) is 2.55. The van der Waals surface area contributed by atoms with Gasteiger partial charge in [-0.15, -0.1) is 0 Å². The zero-order valence-electron chi connectivity index (χ0n) is 10.8. The monoisotopic (exact) mass is 330 g/mol. The molecule has 0 aliphatic heterocycles. The summed E-state index contributed by atoms with van der Waals surface area (Å²) in [6, 6.07) is 2.86. The van der Waals surface area contributed by atoms with E-state index in [-0.39, 0.29) is 12.2 Å². The average Bonchev–Trinajstić information content (AvgIpc) is 2.30. The van der Waals surface area contributed by atoms with Crippen LogP contribution in [0, 0.1) is 0 Å². The molecule has 0 aromatic heterocycles. The molecule has 4 nitrogen and oxygen atoms in total. The summed E-state index contributed by atoms with van der Waals surface area (Å²) in [6.07, 6.45) is -4.64. The summed E-state index contributed by atoms with van der Waals surface area (Å²) in [7, 11) is -2.19. The summed E-state index contributed by atoms with van der Waals surface area (Å²) < 4.78 is 63.9. The molecule has 0 saturated heterocycles. The second-order valence-electron chi connectivity index (χ2n) is 4.21. The zero-order valence-corrected chi connectivity index (χ0v) is 12.3. The van der Waals surface area contributed by atoms with Crippen molar-refractivity contribution in [2.45, 2.75) is 18.3 Å². The number of hydrogen-bond donors (Lipinski definition) is 2. The molecule has 9 heteroatoms. The highest BCUT2D eigenvalue weighted by Crippen LogP contribution is 2.36. The lowest BCUT2D eigenvalue weighted by Gasteiger charge is -2.16. The fourth-order valence-electron chi connectivity index (χ4n) is 1.47. The molecule has 0 aliphatic rings. The lowest BCUT2D eigenvalue weighted by Crippen LogP contribution is -2.33. The number of hydrogen-bond acceptors (Lipinski definition) is 3. The Kier molecular flexibility index (Phi) is 5.28. The van der Waals surface area contributed by atoms with Crippen LogP contribution in [0.4, 0.5) is 18.9 Å². The standard InChI is InChI=1S/C11H14ClF3N2O2S/c1-7(6-16-2)20(18,19)17-8-3-4-10(12)9(5-8)11(13,14)15/h3-5,7,16-17H,6H2,1-2H3. The van der Waals surface area contributed by atoms with Crippen LogP contribution in [0.2, 0.25) is 5.02 Å². The van der Waals surface area contributed by atoms with Crippen LogP contribution >= 0.6 is 11.6 Å². The van der Waals surface area contributed by atoms with E-state index in [0.29, 0.717) is 6.07 Å². The summed E-state index contributed by atoms with van der Waals surface area (Å²) in [4.78, 5) is 0. The first-order chi connectivity index (χ1) is 9.08. The number of rotatable bonds is 5. The lowest BCUT2D eigenvalue weighted by atomic mass is 10.2. The Morgan fingerprint density at radius 3 is 2.45 bits per heavy atom. The number of halogens is 4. The van der Waals surface area contributed by atoms with E-state index in [1.807, 2.05) is 0 Å². The second-order valence-corrected chi connectivity index (χ2v) is 6.71. The number of sulfonamides is 1. The Labute approximate surface area is 120 Å². The fraction of sp³-hybridized carbons (Fsp3) is 0.455. The molecule has 0 spiro atoms. The SMILES string of the molecule is CNCC(C)S(=O)(=O)Nc1ccc(Cl)c(C(F)(F)F)c1.